The Bertz CT molecular complexity index is 1510. The predicted molar refractivity (Wildman–Crippen MR) is 129 cm³/mol. The molecular formula is C27H22N2O4. The van der Waals surface area contributed by atoms with Gasteiger partial charge in [-0.2, -0.15) is 0 Å². The first-order valence-corrected chi connectivity index (χ1v) is 10.5. The monoisotopic (exact) mass is 438 g/mol. The minimum absolute atomic E-state index is 0.303. The molecule has 0 bridgehead atoms. The number of benzene rings is 3. The summed E-state index contributed by atoms with van der Waals surface area (Å²) >= 11 is 0. The molecule has 2 heterocycles. The van der Waals surface area contributed by atoms with Crippen LogP contribution in [0.3, 0.4) is 0 Å². The molecule has 0 saturated heterocycles. The van der Waals surface area contributed by atoms with Gasteiger partial charge in [-0.25, -0.2) is 0 Å². The second-order valence-electron chi connectivity index (χ2n) is 7.84. The van der Waals surface area contributed by atoms with Crippen LogP contribution in [0.1, 0.15) is 18.1 Å². The van der Waals surface area contributed by atoms with Crippen LogP contribution in [0.5, 0.6) is 5.75 Å². The Morgan fingerprint density at radius 3 is 2.67 bits per heavy atom. The van der Waals surface area contributed by atoms with E-state index in [2.05, 4.69) is 34.7 Å². The van der Waals surface area contributed by atoms with Gasteiger partial charge in [0.15, 0.2) is 5.82 Å². The van der Waals surface area contributed by atoms with Crippen molar-refractivity contribution in [2.75, 3.05) is 12.4 Å². The van der Waals surface area contributed by atoms with E-state index in [1.165, 1.54) is 12.3 Å². The first-order chi connectivity index (χ1) is 16.1. The average Bonchev–Trinajstić information content (AvgIpc) is 3.48. The van der Waals surface area contributed by atoms with E-state index in [0.29, 0.717) is 11.6 Å². The second-order valence-corrected chi connectivity index (χ2v) is 7.84. The predicted octanol–water partition coefficient (Wildman–Crippen LogP) is 6.60. The van der Waals surface area contributed by atoms with Gasteiger partial charge in [-0.15, -0.1) is 0 Å². The number of nitrogens with one attached hydrogen (secondary N) is 1. The Hall–Kier alpha value is -4.32. The molecule has 0 aliphatic rings. The first kappa shape index (κ1) is 20.6. The molecule has 0 unspecified atom stereocenters. The van der Waals surface area contributed by atoms with Gasteiger partial charge in [-0.1, -0.05) is 47.6 Å². The third kappa shape index (κ3) is 3.65. The Labute approximate surface area is 190 Å². The van der Waals surface area contributed by atoms with Crippen molar-refractivity contribution in [1.29, 1.82) is 0 Å². The van der Waals surface area contributed by atoms with Crippen molar-refractivity contribution in [3.05, 3.63) is 84.3 Å². The summed E-state index contributed by atoms with van der Waals surface area (Å²) in [6.45, 7) is 3.84. The molecule has 0 spiro atoms. The van der Waals surface area contributed by atoms with E-state index in [0.717, 1.165) is 49.6 Å². The Morgan fingerprint density at radius 2 is 1.88 bits per heavy atom. The molecule has 0 aliphatic heterocycles. The highest BCUT2D eigenvalue weighted by Gasteiger charge is 2.19. The van der Waals surface area contributed by atoms with Crippen molar-refractivity contribution in [3.8, 4) is 16.9 Å². The number of aryl methyl sites for hydroxylation is 1. The van der Waals surface area contributed by atoms with Gasteiger partial charge in [0.05, 0.1) is 13.4 Å². The average molecular weight is 438 g/mol. The number of ether oxygens (including phenoxy) is 1. The van der Waals surface area contributed by atoms with Crippen molar-refractivity contribution in [2.24, 2.45) is 0 Å². The minimum Gasteiger partial charge on any atom is -0.496 e. The van der Waals surface area contributed by atoms with E-state index in [1.54, 1.807) is 19.4 Å². The van der Waals surface area contributed by atoms with Crippen LogP contribution < -0.4 is 10.1 Å². The lowest BCUT2D eigenvalue weighted by Crippen LogP contribution is -2.09. The summed E-state index contributed by atoms with van der Waals surface area (Å²) in [5.41, 5.74) is 5.30. The number of rotatable bonds is 5. The van der Waals surface area contributed by atoms with E-state index in [1.807, 2.05) is 38.1 Å². The molecule has 6 nitrogen and oxygen atoms in total. The fourth-order valence-electron chi connectivity index (χ4n) is 4.25. The number of allylic oxidation sites excluding steroid dienone is 1. The van der Waals surface area contributed by atoms with Gasteiger partial charge in [0.25, 0.3) is 0 Å². The summed E-state index contributed by atoms with van der Waals surface area (Å²) in [7, 11) is 1.62. The zero-order valence-electron chi connectivity index (χ0n) is 18.5. The maximum Gasteiger partial charge on any atom is 0.249 e. The third-order valence-corrected chi connectivity index (χ3v) is 5.79. The van der Waals surface area contributed by atoms with Crippen LogP contribution in [-0.2, 0) is 4.79 Å². The lowest BCUT2D eigenvalue weighted by Gasteiger charge is -2.13. The van der Waals surface area contributed by atoms with Gasteiger partial charge in [-0.05, 0) is 41.8 Å². The summed E-state index contributed by atoms with van der Waals surface area (Å²) in [5, 5.41) is 9.67. The topological polar surface area (TPSA) is 77.5 Å². The van der Waals surface area contributed by atoms with Crippen LogP contribution in [0.25, 0.3) is 38.4 Å². The highest BCUT2D eigenvalue weighted by Crippen LogP contribution is 2.42. The number of hydrogen-bond donors (Lipinski definition) is 1. The molecule has 3 aromatic carbocycles. The number of nitrogens with zero attached hydrogens (tertiary/aromatic N) is 1. The molecule has 164 valence electrons. The SMILES string of the molecule is COc1c(/C(C)=C/C(=O)Nc2ccon2)cc2c(-c3cccc4ccccc34)coc2c1C. The number of carbonyl (C=O) groups excluding carboxylic acids is 1. The lowest BCUT2D eigenvalue weighted by molar-refractivity contribution is -0.111. The summed E-state index contributed by atoms with van der Waals surface area (Å²) in [4.78, 5) is 12.5. The standard InChI is InChI=1S/C27H22N2O4/c1-16(13-25(30)28-24-11-12-33-29-24)21-14-22-23(15-32-27(22)17(2)26(21)31-3)20-10-6-8-18-7-4-5-9-19(18)20/h4-15H,1-3H3,(H,28,29,30)/b16-13+. The molecule has 6 heteroatoms. The molecule has 5 rings (SSSR count). The highest BCUT2D eigenvalue weighted by atomic mass is 16.5. The van der Waals surface area contributed by atoms with Crippen molar-refractivity contribution in [3.63, 3.8) is 0 Å². The molecule has 0 radical (unpaired) electrons. The number of carbonyl (C=O) groups is 1. The highest BCUT2D eigenvalue weighted by molar-refractivity contribution is 6.08. The zero-order chi connectivity index (χ0) is 22.9. The number of fused-ring (bicyclic) bond motifs is 2. The molecule has 0 saturated carbocycles. The van der Waals surface area contributed by atoms with E-state index < -0.39 is 0 Å². The minimum atomic E-state index is -0.303. The Kier molecular flexibility index (Phi) is 5.18. The number of furan rings is 1. The van der Waals surface area contributed by atoms with Gasteiger partial charge in [0.1, 0.15) is 17.6 Å². The van der Waals surface area contributed by atoms with Crippen molar-refractivity contribution >= 4 is 39.0 Å². The van der Waals surface area contributed by atoms with E-state index in [4.69, 9.17) is 13.7 Å². The number of amides is 1. The molecule has 0 atom stereocenters. The van der Waals surface area contributed by atoms with Crippen LogP contribution >= 0.6 is 0 Å². The largest absolute Gasteiger partial charge is 0.496 e. The van der Waals surface area contributed by atoms with Crippen LogP contribution in [-0.4, -0.2) is 18.2 Å². The first-order valence-electron chi connectivity index (χ1n) is 10.5. The molecule has 0 aliphatic carbocycles. The second kappa shape index (κ2) is 8.31. The maximum absolute atomic E-state index is 12.5. The van der Waals surface area contributed by atoms with Crippen LogP contribution in [0, 0.1) is 6.92 Å². The Morgan fingerprint density at radius 1 is 1.06 bits per heavy atom. The molecular weight excluding hydrogens is 416 g/mol. The number of anilines is 1. The lowest BCUT2D eigenvalue weighted by atomic mass is 9.94. The fourth-order valence-corrected chi connectivity index (χ4v) is 4.25. The van der Waals surface area contributed by atoms with E-state index in [-0.39, 0.29) is 5.91 Å². The molecule has 2 aromatic heterocycles. The van der Waals surface area contributed by atoms with Gasteiger partial charge in [-0.3, -0.25) is 4.79 Å². The molecule has 1 N–H and O–H groups in total. The van der Waals surface area contributed by atoms with Crippen molar-refractivity contribution in [2.45, 2.75) is 13.8 Å². The maximum atomic E-state index is 12.5. The van der Waals surface area contributed by atoms with Gasteiger partial charge in [0, 0.05) is 34.2 Å². The van der Waals surface area contributed by atoms with E-state index >= 15 is 0 Å². The van der Waals surface area contributed by atoms with Crippen LogP contribution in [0.4, 0.5) is 5.82 Å². The van der Waals surface area contributed by atoms with Crippen LogP contribution in [0.15, 0.2) is 82.1 Å². The summed E-state index contributed by atoms with van der Waals surface area (Å²) < 4.78 is 16.5. The van der Waals surface area contributed by atoms with Gasteiger partial charge >= 0.3 is 0 Å². The zero-order valence-corrected chi connectivity index (χ0v) is 18.5. The fraction of sp³-hybridized carbons (Fsp3) is 0.111. The summed E-state index contributed by atoms with van der Waals surface area (Å²) in [5.74, 6) is 0.725. The van der Waals surface area contributed by atoms with Crippen molar-refractivity contribution < 1.29 is 18.5 Å². The molecule has 1 amide bonds. The number of methoxy groups -OCH3 is 1. The molecule has 33 heavy (non-hydrogen) atoms. The summed E-state index contributed by atoms with van der Waals surface area (Å²) in [6.07, 6.45) is 4.72. The summed E-state index contributed by atoms with van der Waals surface area (Å²) in [6, 6.07) is 18.1. The number of aromatic nitrogens is 1. The normalized spacial score (nSPS) is 11.8. The van der Waals surface area contributed by atoms with Crippen molar-refractivity contribution in [1.82, 2.24) is 5.16 Å². The Balaban J connectivity index is 1.65. The molecule has 0 fully saturated rings. The molecule has 5 aromatic rings. The smallest absolute Gasteiger partial charge is 0.249 e. The third-order valence-electron chi connectivity index (χ3n) is 5.79. The van der Waals surface area contributed by atoms with Gasteiger partial charge in [0.2, 0.25) is 5.91 Å². The number of hydrogen-bond acceptors (Lipinski definition) is 5. The van der Waals surface area contributed by atoms with Crippen LogP contribution in [0.2, 0.25) is 0 Å². The quantitative estimate of drug-likeness (QED) is 0.313. The van der Waals surface area contributed by atoms with Gasteiger partial charge < -0.3 is 19.0 Å². The van der Waals surface area contributed by atoms with E-state index in [9.17, 15) is 4.79 Å².